The number of carbonyl (C=O) groups excluding carboxylic acids is 1. The molecule has 1 aromatic carbocycles. The molecule has 1 heterocycles. The molecule has 6 nitrogen and oxygen atoms in total. The molecule has 4 saturated carbocycles. The second-order valence-corrected chi connectivity index (χ2v) is 10.8. The van der Waals surface area contributed by atoms with E-state index >= 15 is 0 Å². The molecule has 4 aliphatic rings. The number of aromatic nitrogens is 3. The fourth-order valence-electron chi connectivity index (χ4n) is 6.44. The SMILES string of the molecule is C[C@@H](Cc1nnc(SCC(=O)NC23CC4CC(CC(C4)C2)C3)n1N)c1ccccc1. The number of nitrogens with one attached hydrogen (secondary N) is 1. The van der Waals surface area contributed by atoms with E-state index in [9.17, 15) is 4.79 Å². The van der Waals surface area contributed by atoms with Gasteiger partial charge in [-0.2, -0.15) is 0 Å². The van der Waals surface area contributed by atoms with Crippen molar-refractivity contribution in [1.29, 1.82) is 0 Å². The maximum Gasteiger partial charge on any atom is 0.230 e. The number of nitrogen functional groups attached to an aromatic ring is 1. The number of thioether (sulfide) groups is 1. The van der Waals surface area contributed by atoms with Gasteiger partial charge in [0, 0.05) is 12.0 Å². The highest BCUT2D eigenvalue weighted by Gasteiger charge is 2.51. The molecule has 4 bridgehead atoms. The number of rotatable bonds is 7. The molecule has 1 aromatic heterocycles. The molecule has 7 heteroatoms. The van der Waals surface area contributed by atoms with Crippen molar-refractivity contribution in [2.75, 3.05) is 11.6 Å². The summed E-state index contributed by atoms with van der Waals surface area (Å²) in [5.41, 5.74) is 1.31. The van der Waals surface area contributed by atoms with Gasteiger partial charge >= 0.3 is 0 Å². The van der Waals surface area contributed by atoms with E-state index in [0.29, 0.717) is 23.2 Å². The molecule has 6 rings (SSSR count). The molecule has 160 valence electrons. The number of nitrogens with two attached hydrogens (primary N) is 1. The number of amides is 1. The minimum atomic E-state index is 0.0546. The molecule has 30 heavy (non-hydrogen) atoms. The van der Waals surface area contributed by atoms with Gasteiger partial charge in [-0.25, -0.2) is 4.68 Å². The Balaban J connectivity index is 1.17. The molecule has 4 aliphatic carbocycles. The largest absolute Gasteiger partial charge is 0.350 e. The molecule has 2 aromatic rings. The lowest BCUT2D eigenvalue weighted by atomic mass is 9.53. The van der Waals surface area contributed by atoms with E-state index in [1.54, 1.807) is 4.68 Å². The van der Waals surface area contributed by atoms with Gasteiger partial charge < -0.3 is 11.2 Å². The van der Waals surface area contributed by atoms with Crippen molar-refractivity contribution in [3.05, 3.63) is 41.7 Å². The van der Waals surface area contributed by atoms with Gasteiger partial charge in [0.15, 0.2) is 5.82 Å². The van der Waals surface area contributed by atoms with Crippen molar-refractivity contribution in [2.24, 2.45) is 17.8 Å². The van der Waals surface area contributed by atoms with Crippen LogP contribution in [0.1, 0.15) is 62.8 Å². The Morgan fingerprint density at radius 3 is 2.43 bits per heavy atom. The molecular formula is C23H31N5OS. The van der Waals surface area contributed by atoms with Crippen LogP contribution < -0.4 is 11.2 Å². The van der Waals surface area contributed by atoms with Crippen LogP contribution in [0, 0.1) is 17.8 Å². The van der Waals surface area contributed by atoms with Crippen molar-refractivity contribution in [3.8, 4) is 0 Å². The molecule has 1 amide bonds. The molecular weight excluding hydrogens is 394 g/mol. The molecule has 4 fully saturated rings. The maximum absolute atomic E-state index is 12.8. The van der Waals surface area contributed by atoms with E-state index in [-0.39, 0.29) is 11.4 Å². The van der Waals surface area contributed by atoms with Crippen LogP contribution in [0.15, 0.2) is 35.5 Å². The van der Waals surface area contributed by atoms with Gasteiger partial charge in [-0.3, -0.25) is 4.79 Å². The maximum atomic E-state index is 12.8. The first kappa shape index (κ1) is 19.9. The Morgan fingerprint density at radius 2 is 1.80 bits per heavy atom. The molecule has 0 saturated heterocycles. The minimum absolute atomic E-state index is 0.0546. The highest BCUT2D eigenvalue weighted by Crippen LogP contribution is 2.55. The summed E-state index contributed by atoms with van der Waals surface area (Å²) < 4.78 is 1.54. The zero-order chi connectivity index (χ0) is 20.7. The average Bonchev–Trinajstić information content (AvgIpc) is 3.05. The van der Waals surface area contributed by atoms with Crippen LogP contribution in [-0.2, 0) is 11.2 Å². The highest BCUT2D eigenvalue weighted by atomic mass is 32.2. The van der Waals surface area contributed by atoms with Crippen molar-refractivity contribution in [3.63, 3.8) is 0 Å². The zero-order valence-corrected chi connectivity index (χ0v) is 18.4. The van der Waals surface area contributed by atoms with E-state index in [1.807, 2.05) is 18.2 Å². The van der Waals surface area contributed by atoms with Crippen molar-refractivity contribution in [2.45, 2.75) is 68.5 Å². The number of hydrogen-bond acceptors (Lipinski definition) is 5. The lowest BCUT2D eigenvalue weighted by molar-refractivity contribution is -0.124. The summed E-state index contributed by atoms with van der Waals surface area (Å²) in [6.07, 6.45) is 8.37. The molecule has 1 atom stereocenters. The van der Waals surface area contributed by atoms with Crippen LogP contribution in [0.4, 0.5) is 0 Å². The normalized spacial score (nSPS) is 30.4. The molecule has 0 unspecified atom stereocenters. The van der Waals surface area contributed by atoms with Crippen LogP contribution in [0.2, 0.25) is 0 Å². The van der Waals surface area contributed by atoms with E-state index in [2.05, 4.69) is 34.6 Å². The second-order valence-electron chi connectivity index (χ2n) is 9.82. The lowest BCUT2D eigenvalue weighted by Crippen LogP contribution is -2.60. The van der Waals surface area contributed by atoms with Gasteiger partial charge in [0.25, 0.3) is 0 Å². The Morgan fingerprint density at radius 1 is 1.17 bits per heavy atom. The number of nitrogens with zero attached hydrogens (tertiary/aromatic N) is 3. The van der Waals surface area contributed by atoms with E-state index in [0.717, 1.165) is 23.6 Å². The predicted molar refractivity (Wildman–Crippen MR) is 119 cm³/mol. The third-order valence-electron chi connectivity index (χ3n) is 7.37. The van der Waals surface area contributed by atoms with E-state index in [4.69, 9.17) is 5.84 Å². The van der Waals surface area contributed by atoms with Gasteiger partial charge in [-0.15, -0.1) is 10.2 Å². The average molecular weight is 426 g/mol. The van der Waals surface area contributed by atoms with Crippen molar-refractivity contribution < 1.29 is 4.79 Å². The summed E-state index contributed by atoms with van der Waals surface area (Å²) in [6, 6.07) is 10.3. The summed E-state index contributed by atoms with van der Waals surface area (Å²) in [7, 11) is 0. The summed E-state index contributed by atoms with van der Waals surface area (Å²) >= 11 is 1.38. The van der Waals surface area contributed by atoms with Crippen LogP contribution in [0.25, 0.3) is 0 Å². The lowest BCUT2D eigenvalue weighted by Gasteiger charge is -2.56. The number of benzene rings is 1. The summed E-state index contributed by atoms with van der Waals surface area (Å²) in [4.78, 5) is 12.8. The van der Waals surface area contributed by atoms with Crippen LogP contribution in [0.3, 0.4) is 0 Å². The zero-order valence-electron chi connectivity index (χ0n) is 17.6. The quantitative estimate of drug-likeness (QED) is 0.524. The molecule has 0 aliphatic heterocycles. The Bertz CT molecular complexity index is 876. The monoisotopic (exact) mass is 425 g/mol. The van der Waals surface area contributed by atoms with Gasteiger partial charge in [-0.05, 0) is 67.8 Å². The fraction of sp³-hybridized carbons (Fsp3) is 0.609. The van der Waals surface area contributed by atoms with Crippen LogP contribution in [0.5, 0.6) is 0 Å². The fourth-order valence-corrected chi connectivity index (χ4v) is 7.12. The van der Waals surface area contributed by atoms with Crippen LogP contribution in [-0.4, -0.2) is 32.1 Å². The second kappa shape index (κ2) is 7.91. The van der Waals surface area contributed by atoms with Crippen LogP contribution >= 0.6 is 11.8 Å². The minimum Gasteiger partial charge on any atom is -0.350 e. The first-order valence-electron chi connectivity index (χ1n) is 11.2. The summed E-state index contributed by atoms with van der Waals surface area (Å²) in [5, 5.41) is 12.5. The third kappa shape index (κ3) is 3.96. The van der Waals surface area contributed by atoms with Gasteiger partial charge in [0.1, 0.15) is 0 Å². The summed E-state index contributed by atoms with van der Waals surface area (Å²) in [5.74, 6) is 10.2. The smallest absolute Gasteiger partial charge is 0.230 e. The predicted octanol–water partition coefficient (Wildman–Crippen LogP) is 3.52. The Kier molecular flexibility index (Phi) is 5.25. The standard InChI is InChI=1S/C23H31N5OS/c1-15(19-5-3-2-4-6-19)7-20-26-27-22(28(20)24)30-14-21(29)25-23-11-16-8-17(12-23)10-18(9-16)13-23/h2-6,15-18H,7-14,24H2,1H3,(H,25,29)/t15-,16?,17?,18?,23?/m0/s1. The molecule has 0 spiro atoms. The van der Waals surface area contributed by atoms with Gasteiger partial charge in [0.05, 0.1) is 5.75 Å². The number of hydrogen-bond donors (Lipinski definition) is 2. The topological polar surface area (TPSA) is 85.8 Å². The first-order chi connectivity index (χ1) is 14.5. The molecule has 3 N–H and O–H groups in total. The Labute approximate surface area is 182 Å². The Hall–Kier alpha value is -2.02. The number of carbonyl (C=O) groups is 1. The summed E-state index contributed by atoms with van der Waals surface area (Å²) in [6.45, 7) is 2.16. The van der Waals surface area contributed by atoms with Crippen molar-refractivity contribution in [1.82, 2.24) is 20.2 Å². The third-order valence-corrected chi connectivity index (χ3v) is 8.31. The molecule has 0 radical (unpaired) electrons. The van der Waals surface area contributed by atoms with Crippen molar-refractivity contribution >= 4 is 17.7 Å². The highest BCUT2D eigenvalue weighted by molar-refractivity contribution is 7.99. The van der Waals surface area contributed by atoms with Gasteiger partial charge in [-0.1, -0.05) is 49.0 Å². The first-order valence-corrected chi connectivity index (χ1v) is 12.2. The van der Waals surface area contributed by atoms with E-state index < -0.39 is 0 Å². The van der Waals surface area contributed by atoms with E-state index in [1.165, 1.54) is 55.9 Å². The van der Waals surface area contributed by atoms with Gasteiger partial charge in [0.2, 0.25) is 11.1 Å².